The molecule has 2 aromatic heterocycles. The normalized spacial score (nSPS) is 12.8. The molecule has 0 aliphatic heterocycles. The molecule has 0 spiro atoms. The number of halogens is 1. The average Bonchev–Trinajstić information content (AvgIpc) is 3.17. The highest BCUT2D eigenvalue weighted by Gasteiger charge is 2.17. The van der Waals surface area contributed by atoms with Crippen molar-refractivity contribution in [1.29, 1.82) is 0 Å². The molecular formula is C16H26IN5OS. The smallest absolute Gasteiger partial charge is 0.191 e. The van der Waals surface area contributed by atoms with E-state index in [1.807, 2.05) is 32.4 Å². The molecule has 2 N–H and O–H groups in total. The maximum atomic E-state index is 5.52. The maximum Gasteiger partial charge on any atom is 0.191 e. The zero-order valence-electron chi connectivity index (χ0n) is 14.6. The first kappa shape index (κ1) is 20.9. The van der Waals surface area contributed by atoms with Gasteiger partial charge < -0.3 is 15.1 Å². The van der Waals surface area contributed by atoms with Crippen LogP contribution in [-0.4, -0.2) is 50.1 Å². The van der Waals surface area contributed by atoms with Crippen molar-refractivity contribution in [3.05, 3.63) is 40.2 Å². The quantitative estimate of drug-likeness (QED) is 0.376. The molecule has 0 aliphatic carbocycles. The van der Waals surface area contributed by atoms with Crippen molar-refractivity contribution in [3.63, 3.8) is 0 Å². The minimum absolute atomic E-state index is 0. The number of aryl methyl sites for hydroxylation is 1. The predicted molar refractivity (Wildman–Crippen MR) is 110 cm³/mol. The van der Waals surface area contributed by atoms with Crippen molar-refractivity contribution in [2.24, 2.45) is 4.99 Å². The summed E-state index contributed by atoms with van der Waals surface area (Å²) in [5.74, 6) is 1.73. The van der Waals surface area contributed by atoms with E-state index in [1.165, 1.54) is 4.88 Å². The number of hydrogen-bond acceptors (Lipinski definition) is 5. The van der Waals surface area contributed by atoms with Gasteiger partial charge in [-0.1, -0.05) is 0 Å². The number of nitrogens with zero attached hydrogens (tertiary/aromatic N) is 3. The highest BCUT2D eigenvalue weighted by molar-refractivity contribution is 14.0. The second-order valence-corrected chi connectivity index (χ2v) is 6.81. The third-order valence-corrected chi connectivity index (χ3v) is 4.45. The van der Waals surface area contributed by atoms with Crippen LogP contribution < -0.4 is 10.6 Å². The van der Waals surface area contributed by atoms with Gasteiger partial charge in [0.15, 0.2) is 5.96 Å². The first-order valence-corrected chi connectivity index (χ1v) is 8.47. The van der Waals surface area contributed by atoms with Crippen LogP contribution >= 0.6 is 35.3 Å². The van der Waals surface area contributed by atoms with Crippen LogP contribution in [0.1, 0.15) is 21.7 Å². The molecule has 6 nitrogen and oxygen atoms in total. The van der Waals surface area contributed by atoms with E-state index in [9.17, 15) is 0 Å². The molecule has 0 bridgehead atoms. The summed E-state index contributed by atoms with van der Waals surface area (Å²) < 4.78 is 5.52. The standard InChI is InChI=1S/C16H25N5OS.HI/c1-12-10-19-15(23-12)7-8-18-16(17-2)20-11-13(21(3)4)14-6-5-9-22-14;/h5-6,9-10,13H,7-8,11H2,1-4H3,(H2,17,18,20);1H. The third-order valence-electron chi connectivity index (χ3n) is 3.48. The second-order valence-electron chi connectivity index (χ2n) is 5.49. The molecule has 0 aliphatic rings. The lowest BCUT2D eigenvalue weighted by Crippen LogP contribution is -2.42. The van der Waals surface area contributed by atoms with Gasteiger partial charge in [0, 0.05) is 37.6 Å². The number of guanidine groups is 1. The molecule has 0 saturated carbocycles. The van der Waals surface area contributed by atoms with Crippen LogP contribution in [0.3, 0.4) is 0 Å². The topological polar surface area (TPSA) is 65.7 Å². The van der Waals surface area contributed by atoms with E-state index in [4.69, 9.17) is 4.42 Å². The van der Waals surface area contributed by atoms with Gasteiger partial charge in [0.25, 0.3) is 0 Å². The zero-order chi connectivity index (χ0) is 16.7. The van der Waals surface area contributed by atoms with Crippen LogP contribution in [0.15, 0.2) is 34.0 Å². The summed E-state index contributed by atoms with van der Waals surface area (Å²) in [6.07, 6.45) is 4.52. The van der Waals surface area contributed by atoms with Crippen LogP contribution in [0.25, 0.3) is 0 Å². The summed E-state index contributed by atoms with van der Waals surface area (Å²) in [4.78, 5) is 12.0. The van der Waals surface area contributed by atoms with Gasteiger partial charge in [-0.2, -0.15) is 0 Å². The van der Waals surface area contributed by atoms with Crippen molar-refractivity contribution in [2.45, 2.75) is 19.4 Å². The summed E-state index contributed by atoms with van der Waals surface area (Å²) in [6, 6.07) is 4.06. The van der Waals surface area contributed by atoms with Gasteiger partial charge in [-0.15, -0.1) is 35.3 Å². The molecule has 1 unspecified atom stereocenters. The van der Waals surface area contributed by atoms with Crippen molar-refractivity contribution in [2.75, 3.05) is 34.2 Å². The monoisotopic (exact) mass is 463 g/mol. The predicted octanol–water partition coefficient (Wildman–Crippen LogP) is 2.67. The number of thiazole rings is 1. The van der Waals surface area contributed by atoms with Gasteiger partial charge in [-0.3, -0.25) is 9.89 Å². The molecule has 0 amide bonds. The van der Waals surface area contributed by atoms with Gasteiger partial charge in [0.1, 0.15) is 5.76 Å². The summed E-state index contributed by atoms with van der Waals surface area (Å²) >= 11 is 1.74. The number of likely N-dealkylation sites (N-methyl/N-ethyl adjacent to an activating group) is 1. The van der Waals surface area contributed by atoms with Crippen molar-refractivity contribution >= 4 is 41.3 Å². The maximum absolute atomic E-state index is 5.52. The molecule has 8 heteroatoms. The van der Waals surface area contributed by atoms with E-state index in [2.05, 4.69) is 32.4 Å². The molecule has 2 aromatic rings. The van der Waals surface area contributed by atoms with E-state index >= 15 is 0 Å². The minimum Gasteiger partial charge on any atom is -0.468 e. The van der Waals surface area contributed by atoms with E-state index in [1.54, 1.807) is 24.6 Å². The Labute approximate surface area is 164 Å². The van der Waals surface area contributed by atoms with E-state index in [0.29, 0.717) is 0 Å². The van der Waals surface area contributed by atoms with Gasteiger partial charge in [-0.05, 0) is 33.2 Å². The van der Waals surface area contributed by atoms with Gasteiger partial charge in [0.05, 0.1) is 17.3 Å². The first-order valence-electron chi connectivity index (χ1n) is 7.65. The summed E-state index contributed by atoms with van der Waals surface area (Å²) in [6.45, 7) is 3.60. The number of aliphatic imine (C=N–C) groups is 1. The second kappa shape index (κ2) is 10.7. The Morgan fingerprint density at radius 2 is 2.21 bits per heavy atom. The Balaban J connectivity index is 0.00000288. The number of nitrogens with one attached hydrogen (secondary N) is 2. The number of aromatic nitrogens is 1. The van der Waals surface area contributed by atoms with E-state index in [0.717, 1.165) is 36.2 Å². The van der Waals surface area contributed by atoms with E-state index < -0.39 is 0 Å². The Kier molecular flexibility index (Phi) is 9.30. The SMILES string of the molecule is CN=C(NCCc1ncc(C)s1)NCC(c1ccco1)N(C)C.I. The molecule has 0 fully saturated rings. The molecule has 2 rings (SSSR count). The van der Waals surface area contributed by atoms with Crippen LogP contribution in [0, 0.1) is 6.92 Å². The molecule has 24 heavy (non-hydrogen) atoms. The summed E-state index contributed by atoms with van der Waals surface area (Å²) in [7, 11) is 5.85. The molecule has 0 radical (unpaired) electrons. The fraction of sp³-hybridized carbons (Fsp3) is 0.500. The summed E-state index contributed by atoms with van der Waals surface area (Å²) in [5, 5.41) is 7.82. The Bertz CT molecular complexity index is 612. The fourth-order valence-corrected chi connectivity index (χ4v) is 3.02. The molecule has 0 aromatic carbocycles. The Morgan fingerprint density at radius 3 is 2.75 bits per heavy atom. The number of rotatable bonds is 7. The van der Waals surface area contributed by atoms with Crippen molar-refractivity contribution < 1.29 is 4.42 Å². The lowest BCUT2D eigenvalue weighted by atomic mass is 10.2. The number of furan rings is 1. The largest absolute Gasteiger partial charge is 0.468 e. The molecule has 2 heterocycles. The highest BCUT2D eigenvalue weighted by atomic mass is 127. The zero-order valence-corrected chi connectivity index (χ0v) is 17.7. The lowest BCUT2D eigenvalue weighted by molar-refractivity contribution is 0.258. The van der Waals surface area contributed by atoms with Crippen LogP contribution in [0.5, 0.6) is 0 Å². The molecule has 134 valence electrons. The Morgan fingerprint density at radius 1 is 1.42 bits per heavy atom. The first-order chi connectivity index (χ1) is 11.1. The third kappa shape index (κ3) is 6.40. The van der Waals surface area contributed by atoms with Gasteiger partial charge >= 0.3 is 0 Å². The summed E-state index contributed by atoms with van der Waals surface area (Å²) in [5.41, 5.74) is 0. The van der Waals surface area contributed by atoms with Crippen LogP contribution in [0.2, 0.25) is 0 Å². The Hall–Kier alpha value is -1.13. The van der Waals surface area contributed by atoms with Crippen molar-refractivity contribution in [3.8, 4) is 0 Å². The molecule has 1 atom stereocenters. The molecule has 0 saturated heterocycles. The van der Waals surface area contributed by atoms with Gasteiger partial charge in [-0.25, -0.2) is 4.98 Å². The number of hydrogen-bond donors (Lipinski definition) is 2. The van der Waals surface area contributed by atoms with Crippen LogP contribution in [0.4, 0.5) is 0 Å². The average molecular weight is 463 g/mol. The lowest BCUT2D eigenvalue weighted by Gasteiger charge is -2.23. The van der Waals surface area contributed by atoms with Gasteiger partial charge in [0.2, 0.25) is 0 Å². The fourth-order valence-electron chi connectivity index (χ4n) is 2.24. The highest BCUT2D eigenvalue weighted by Crippen LogP contribution is 2.17. The van der Waals surface area contributed by atoms with Crippen LogP contribution in [-0.2, 0) is 6.42 Å². The molecular weight excluding hydrogens is 437 g/mol. The van der Waals surface area contributed by atoms with Crippen molar-refractivity contribution in [1.82, 2.24) is 20.5 Å². The minimum atomic E-state index is 0. The van der Waals surface area contributed by atoms with E-state index in [-0.39, 0.29) is 30.0 Å².